The van der Waals surface area contributed by atoms with Crippen molar-refractivity contribution < 1.29 is 0 Å². The van der Waals surface area contributed by atoms with Gasteiger partial charge in [-0.2, -0.15) is 0 Å². The minimum absolute atomic E-state index is 0. The molecule has 2 aromatic rings. The lowest BCUT2D eigenvalue weighted by Gasteiger charge is -2.15. The Morgan fingerprint density at radius 2 is 1.68 bits per heavy atom. The number of nitrogens with zero attached hydrogens (tertiary/aromatic N) is 4. The minimum Gasteiger partial charge on any atom is -0.356 e. The Hall–Kier alpha value is -1.39. The number of rotatable bonds is 8. The molecule has 3 heterocycles. The van der Waals surface area contributed by atoms with E-state index in [0.29, 0.717) is 0 Å². The third-order valence-electron chi connectivity index (χ3n) is 5.90. The molecule has 0 aliphatic carbocycles. The van der Waals surface area contributed by atoms with Gasteiger partial charge in [0.25, 0.3) is 0 Å². The first-order valence-electron chi connectivity index (χ1n) is 11.2. The van der Waals surface area contributed by atoms with E-state index in [1.807, 2.05) is 7.05 Å². The van der Waals surface area contributed by atoms with Gasteiger partial charge in [-0.05, 0) is 49.9 Å². The predicted octanol–water partition coefficient (Wildman–Crippen LogP) is 3.86. The number of thiazole rings is 1. The number of hydrogen-bond acceptors (Lipinski definition) is 5. The summed E-state index contributed by atoms with van der Waals surface area (Å²) in [4.78, 5) is 14.1. The molecule has 1 aromatic carbocycles. The van der Waals surface area contributed by atoms with E-state index in [2.05, 4.69) is 55.1 Å². The minimum atomic E-state index is 0. The average Bonchev–Trinajstić information content (AvgIpc) is 3.54. The van der Waals surface area contributed by atoms with Crippen LogP contribution in [0.3, 0.4) is 0 Å². The molecule has 170 valence electrons. The number of aromatic nitrogens is 1. The lowest BCUT2D eigenvalue weighted by Crippen LogP contribution is -2.37. The van der Waals surface area contributed by atoms with Crippen LogP contribution in [-0.4, -0.2) is 55.6 Å². The molecule has 2 aliphatic rings. The van der Waals surface area contributed by atoms with Crippen molar-refractivity contribution in [1.82, 2.24) is 20.5 Å². The van der Waals surface area contributed by atoms with Gasteiger partial charge in [-0.15, -0.1) is 35.3 Å². The molecule has 1 aromatic heterocycles. The maximum absolute atomic E-state index is 4.79. The van der Waals surface area contributed by atoms with E-state index in [4.69, 9.17) is 4.98 Å². The molecule has 8 heteroatoms. The van der Waals surface area contributed by atoms with Gasteiger partial charge in [0.2, 0.25) is 0 Å². The van der Waals surface area contributed by atoms with Crippen LogP contribution >= 0.6 is 35.3 Å². The van der Waals surface area contributed by atoms with E-state index < -0.39 is 0 Å². The summed E-state index contributed by atoms with van der Waals surface area (Å²) in [7, 11) is 1.82. The highest BCUT2D eigenvalue weighted by Crippen LogP contribution is 2.24. The largest absolute Gasteiger partial charge is 0.356 e. The molecule has 4 rings (SSSR count). The first-order chi connectivity index (χ1) is 14.8. The van der Waals surface area contributed by atoms with Crippen molar-refractivity contribution in [3.63, 3.8) is 0 Å². The Bertz CT molecular complexity index is 810. The highest BCUT2D eigenvalue weighted by atomic mass is 127. The number of halogens is 1. The van der Waals surface area contributed by atoms with Gasteiger partial charge >= 0.3 is 0 Å². The predicted molar refractivity (Wildman–Crippen MR) is 142 cm³/mol. The third-order valence-corrected chi connectivity index (χ3v) is 6.85. The Morgan fingerprint density at radius 3 is 2.39 bits per heavy atom. The van der Waals surface area contributed by atoms with Gasteiger partial charge in [-0.1, -0.05) is 24.3 Å². The van der Waals surface area contributed by atoms with Crippen LogP contribution in [0.5, 0.6) is 0 Å². The van der Waals surface area contributed by atoms with Crippen LogP contribution in [0.4, 0.5) is 5.13 Å². The van der Waals surface area contributed by atoms with E-state index in [1.54, 1.807) is 11.3 Å². The summed E-state index contributed by atoms with van der Waals surface area (Å²) in [5.41, 5.74) is 3.84. The molecule has 6 nitrogen and oxygen atoms in total. The SMILES string of the molecule is CN=C(NCCc1csc(N2CCCC2)n1)NCc1ccc(CN2CCCC2)cc1.I. The molecule has 2 fully saturated rings. The van der Waals surface area contributed by atoms with E-state index in [0.717, 1.165) is 45.1 Å². The molecule has 2 saturated heterocycles. The zero-order chi connectivity index (χ0) is 20.6. The van der Waals surface area contributed by atoms with Gasteiger partial charge in [0.15, 0.2) is 11.1 Å². The summed E-state index contributed by atoms with van der Waals surface area (Å²) < 4.78 is 0. The van der Waals surface area contributed by atoms with Crippen molar-refractivity contribution in [2.75, 3.05) is 44.7 Å². The van der Waals surface area contributed by atoms with Crippen molar-refractivity contribution in [3.05, 3.63) is 46.5 Å². The standard InChI is InChI=1S/C23H34N6S.HI/c1-24-22(25-11-10-21-18-30-23(27-21)29-14-4-5-15-29)26-16-19-6-8-20(9-7-19)17-28-12-2-3-13-28;/h6-9,18H,2-5,10-17H2,1H3,(H2,24,25,26);1H. The molecule has 0 saturated carbocycles. The van der Waals surface area contributed by atoms with Crippen LogP contribution < -0.4 is 15.5 Å². The Morgan fingerprint density at radius 1 is 1.00 bits per heavy atom. The molecule has 0 radical (unpaired) electrons. The molecule has 2 aliphatic heterocycles. The summed E-state index contributed by atoms with van der Waals surface area (Å²) in [6.07, 6.45) is 6.18. The molecule has 0 spiro atoms. The van der Waals surface area contributed by atoms with Crippen molar-refractivity contribution in [3.8, 4) is 0 Å². The number of guanidine groups is 1. The number of benzene rings is 1. The van der Waals surface area contributed by atoms with Crippen molar-refractivity contribution >= 4 is 46.4 Å². The smallest absolute Gasteiger partial charge is 0.191 e. The molecule has 2 N–H and O–H groups in total. The highest BCUT2D eigenvalue weighted by Gasteiger charge is 2.15. The number of anilines is 1. The van der Waals surface area contributed by atoms with E-state index in [-0.39, 0.29) is 24.0 Å². The van der Waals surface area contributed by atoms with E-state index >= 15 is 0 Å². The van der Waals surface area contributed by atoms with Gasteiger partial charge in [-0.25, -0.2) is 4.98 Å². The number of likely N-dealkylation sites (tertiary alicyclic amines) is 1. The average molecular weight is 555 g/mol. The summed E-state index contributed by atoms with van der Waals surface area (Å²) in [5.74, 6) is 0.839. The Labute approximate surface area is 207 Å². The first kappa shape index (κ1) is 24.3. The lowest BCUT2D eigenvalue weighted by molar-refractivity contribution is 0.331. The second-order valence-corrected chi connectivity index (χ2v) is 9.05. The monoisotopic (exact) mass is 554 g/mol. The van der Waals surface area contributed by atoms with Crippen molar-refractivity contribution in [2.24, 2.45) is 4.99 Å². The summed E-state index contributed by atoms with van der Waals surface area (Å²) >= 11 is 1.77. The fourth-order valence-electron chi connectivity index (χ4n) is 4.14. The lowest BCUT2D eigenvalue weighted by atomic mass is 10.1. The topological polar surface area (TPSA) is 55.8 Å². The molecule has 0 amide bonds. The number of nitrogens with one attached hydrogen (secondary N) is 2. The van der Waals surface area contributed by atoms with Crippen LogP contribution in [0, 0.1) is 0 Å². The molecule has 0 bridgehead atoms. The molecular formula is C23H35IN6S. The highest BCUT2D eigenvalue weighted by molar-refractivity contribution is 14.0. The van der Waals surface area contributed by atoms with E-state index in [1.165, 1.54) is 60.7 Å². The van der Waals surface area contributed by atoms with Crippen LogP contribution in [0.25, 0.3) is 0 Å². The number of aliphatic imine (C=N–C) groups is 1. The van der Waals surface area contributed by atoms with Crippen LogP contribution in [0.2, 0.25) is 0 Å². The van der Waals surface area contributed by atoms with Crippen molar-refractivity contribution in [1.29, 1.82) is 0 Å². The first-order valence-corrected chi connectivity index (χ1v) is 12.1. The van der Waals surface area contributed by atoms with Crippen LogP contribution in [0.1, 0.15) is 42.5 Å². The van der Waals surface area contributed by atoms with E-state index in [9.17, 15) is 0 Å². The molecule has 0 atom stereocenters. The zero-order valence-electron chi connectivity index (χ0n) is 18.5. The zero-order valence-corrected chi connectivity index (χ0v) is 21.6. The number of hydrogen-bond donors (Lipinski definition) is 2. The summed E-state index contributed by atoms with van der Waals surface area (Å²) in [5, 5.41) is 10.2. The Balaban J connectivity index is 0.00000272. The molecular weight excluding hydrogens is 519 g/mol. The quantitative estimate of drug-likeness (QED) is 0.295. The summed E-state index contributed by atoms with van der Waals surface area (Å²) in [6, 6.07) is 8.96. The Kier molecular flexibility index (Phi) is 9.86. The molecule has 31 heavy (non-hydrogen) atoms. The second-order valence-electron chi connectivity index (χ2n) is 8.22. The van der Waals surface area contributed by atoms with Gasteiger partial charge < -0.3 is 15.5 Å². The third kappa shape index (κ3) is 7.32. The summed E-state index contributed by atoms with van der Waals surface area (Å²) in [6.45, 7) is 7.48. The van der Waals surface area contributed by atoms with Crippen molar-refractivity contribution in [2.45, 2.75) is 45.2 Å². The van der Waals surface area contributed by atoms with Gasteiger partial charge in [-0.3, -0.25) is 9.89 Å². The van der Waals surface area contributed by atoms with Gasteiger partial charge in [0.1, 0.15) is 0 Å². The fraction of sp³-hybridized carbons (Fsp3) is 0.565. The normalized spacial score (nSPS) is 17.1. The fourth-order valence-corrected chi connectivity index (χ4v) is 5.06. The second kappa shape index (κ2) is 12.6. The maximum Gasteiger partial charge on any atom is 0.191 e. The van der Waals surface area contributed by atoms with Gasteiger partial charge in [0, 0.05) is 51.6 Å². The maximum atomic E-state index is 4.79. The molecule has 0 unspecified atom stereocenters. The van der Waals surface area contributed by atoms with Crippen LogP contribution in [0.15, 0.2) is 34.6 Å². The van der Waals surface area contributed by atoms with Crippen LogP contribution in [-0.2, 0) is 19.5 Å². The van der Waals surface area contributed by atoms with Gasteiger partial charge in [0.05, 0.1) is 5.69 Å².